The number of aryl methyl sites for hydroxylation is 2. The predicted octanol–water partition coefficient (Wildman–Crippen LogP) is 12.1. The molecule has 0 atom stereocenters. The number of rotatable bonds is 2. The van der Waals surface area contributed by atoms with E-state index in [1.807, 2.05) is 34.9 Å². The number of thiophene rings is 1. The van der Waals surface area contributed by atoms with Crippen molar-refractivity contribution in [2.45, 2.75) is 33.4 Å². The fraction of sp³-hybridized carbons (Fsp3) is 0.0526. The Bertz CT molecular complexity index is 2390. The molecule has 4 heteroatoms. The van der Waals surface area contributed by atoms with Crippen LogP contribution in [0.15, 0.2) is 135 Å². The van der Waals surface area contributed by atoms with Crippen molar-refractivity contribution in [2.75, 3.05) is 0 Å². The Morgan fingerprint density at radius 1 is 0.476 bits per heavy atom. The van der Waals surface area contributed by atoms with Gasteiger partial charge in [-0.2, -0.15) is 0 Å². The van der Waals surface area contributed by atoms with E-state index in [0.29, 0.717) is 0 Å². The number of hydrogen-bond acceptors (Lipinski definition) is 3. The Kier molecular flexibility index (Phi) is 5.43. The highest BCUT2D eigenvalue weighted by atomic mass is 32.2. The first-order valence-electron chi connectivity index (χ1n) is 14.2. The molecule has 0 spiro atoms. The van der Waals surface area contributed by atoms with Crippen LogP contribution in [0.2, 0.25) is 0 Å². The van der Waals surface area contributed by atoms with Crippen LogP contribution < -0.4 is 0 Å². The van der Waals surface area contributed by atoms with Gasteiger partial charge in [-0.15, -0.1) is 11.3 Å². The van der Waals surface area contributed by atoms with E-state index in [-0.39, 0.29) is 0 Å². The highest BCUT2D eigenvalue weighted by Gasteiger charge is 2.23. The van der Waals surface area contributed by atoms with Crippen molar-refractivity contribution in [1.29, 1.82) is 0 Å². The van der Waals surface area contributed by atoms with Crippen LogP contribution in [0.5, 0.6) is 0 Å². The van der Waals surface area contributed by atoms with Gasteiger partial charge in [-0.05, 0) is 78.6 Å². The summed E-state index contributed by atoms with van der Waals surface area (Å²) in [6.07, 6.45) is 0. The normalized spacial score (nSPS) is 12.8. The molecule has 0 radical (unpaired) electrons. The summed E-state index contributed by atoms with van der Waals surface area (Å²) in [4.78, 5) is 5.35. The number of hydrogen-bond donors (Lipinski definition) is 0. The Labute approximate surface area is 256 Å². The lowest BCUT2D eigenvalue weighted by molar-refractivity contribution is 1.14. The standard InChI is InChI=1S/C38H25NS3/c1-22-10-3-4-11-24(22)28-19-35-34(18-23(28)2)40-36-20-29-25-12-5-7-15-30(25)39(32(29)21-37(36)41-35)31-16-9-14-27-26-13-6-8-17-33(26)42-38(27)31/h3-21H,1-2H3. The molecule has 9 rings (SSSR count). The largest absolute Gasteiger partial charge is 0.308 e. The summed E-state index contributed by atoms with van der Waals surface area (Å²) in [5.41, 5.74) is 9.07. The number of para-hydroxylation sites is 1. The zero-order valence-electron chi connectivity index (χ0n) is 23.1. The van der Waals surface area contributed by atoms with Gasteiger partial charge in [-0.25, -0.2) is 0 Å². The van der Waals surface area contributed by atoms with Crippen LogP contribution in [0.25, 0.3) is 58.8 Å². The van der Waals surface area contributed by atoms with E-state index >= 15 is 0 Å². The lowest BCUT2D eigenvalue weighted by Gasteiger charge is -2.21. The van der Waals surface area contributed by atoms with Gasteiger partial charge >= 0.3 is 0 Å². The van der Waals surface area contributed by atoms with Crippen molar-refractivity contribution in [1.82, 2.24) is 4.57 Å². The Hall–Kier alpha value is -3.96. The number of fused-ring (bicyclic) bond motifs is 8. The zero-order valence-corrected chi connectivity index (χ0v) is 25.6. The molecule has 6 aromatic carbocycles. The molecule has 42 heavy (non-hydrogen) atoms. The van der Waals surface area contributed by atoms with E-state index in [1.54, 1.807) is 0 Å². The summed E-state index contributed by atoms with van der Waals surface area (Å²) in [5, 5.41) is 5.28. The van der Waals surface area contributed by atoms with E-state index in [1.165, 1.54) is 89.5 Å². The monoisotopic (exact) mass is 591 g/mol. The summed E-state index contributed by atoms with van der Waals surface area (Å²) >= 11 is 5.72. The SMILES string of the molecule is Cc1ccccc1-c1cc2c(cc1C)Sc1cc3c4ccccc4n(-c4cccc5c4sc4ccccc45)c3cc1S2. The second-order valence-corrected chi connectivity index (χ2v) is 14.3. The number of aromatic nitrogens is 1. The molecule has 3 heterocycles. The van der Waals surface area contributed by atoms with E-state index < -0.39 is 0 Å². The van der Waals surface area contributed by atoms with Gasteiger partial charge in [0.15, 0.2) is 0 Å². The van der Waals surface area contributed by atoms with Gasteiger partial charge in [-0.1, -0.05) is 96.3 Å². The molecule has 0 unspecified atom stereocenters. The van der Waals surface area contributed by atoms with Crippen LogP contribution in [-0.2, 0) is 0 Å². The first-order valence-corrected chi connectivity index (χ1v) is 16.6. The lowest BCUT2D eigenvalue weighted by atomic mass is 9.97. The molecule has 2 aromatic heterocycles. The topological polar surface area (TPSA) is 4.93 Å². The van der Waals surface area contributed by atoms with Crippen molar-refractivity contribution in [3.8, 4) is 16.8 Å². The Balaban J connectivity index is 1.27. The molecule has 0 N–H and O–H groups in total. The minimum absolute atomic E-state index is 1.25. The zero-order chi connectivity index (χ0) is 27.9. The molecule has 1 aliphatic heterocycles. The first kappa shape index (κ1) is 24.6. The molecule has 8 aromatic rings. The van der Waals surface area contributed by atoms with E-state index in [2.05, 4.69) is 134 Å². The van der Waals surface area contributed by atoms with Crippen molar-refractivity contribution in [3.05, 3.63) is 126 Å². The number of benzene rings is 6. The maximum Gasteiger partial charge on any atom is 0.0640 e. The maximum atomic E-state index is 2.50. The average molecular weight is 592 g/mol. The van der Waals surface area contributed by atoms with Crippen molar-refractivity contribution in [3.63, 3.8) is 0 Å². The van der Waals surface area contributed by atoms with Crippen molar-refractivity contribution in [2.24, 2.45) is 0 Å². The predicted molar refractivity (Wildman–Crippen MR) is 183 cm³/mol. The molecule has 0 aliphatic carbocycles. The third-order valence-electron chi connectivity index (χ3n) is 8.53. The first-order chi connectivity index (χ1) is 20.6. The molecular weight excluding hydrogens is 567 g/mol. The molecule has 0 bridgehead atoms. The number of nitrogens with zero attached hydrogens (tertiary/aromatic N) is 1. The maximum absolute atomic E-state index is 2.50. The van der Waals surface area contributed by atoms with Gasteiger partial charge in [0.05, 0.1) is 21.4 Å². The molecule has 1 aliphatic rings. The molecular formula is C38H25NS3. The van der Waals surface area contributed by atoms with E-state index in [0.717, 1.165) is 0 Å². The van der Waals surface area contributed by atoms with Crippen LogP contribution >= 0.6 is 34.9 Å². The van der Waals surface area contributed by atoms with Crippen LogP contribution in [0, 0.1) is 13.8 Å². The van der Waals surface area contributed by atoms with Gasteiger partial charge in [0.1, 0.15) is 0 Å². The second kappa shape index (κ2) is 9.27. The molecule has 0 amide bonds. The summed E-state index contributed by atoms with van der Waals surface area (Å²) in [5.74, 6) is 0. The third kappa shape index (κ3) is 3.59. The van der Waals surface area contributed by atoms with E-state index in [4.69, 9.17) is 0 Å². The Morgan fingerprint density at radius 2 is 1.17 bits per heavy atom. The molecule has 0 saturated heterocycles. The van der Waals surface area contributed by atoms with Gasteiger partial charge < -0.3 is 4.57 Å². The highest BCUT2D eigenvalue weighted by Crippen LogP contribution is 2.52. The highest BCUT2D eigenvalue weighted by molar-refractivity contribution is 8.05. The van der Waals surface area contributed by atoms with Gasteiger partial charge in [0.25, 0.3) is 0 Å². The van der Waals surface area contributed by atoms with Crippen LogP contribution in [0.3, 0.4) is 0 Å². The van der Waals surface area contributed by atoms with Gasteiger partial charge in [-0.3, -0.25) is 0 Å². The van der Waals surface area contributed by atoms with Gasteiger partial charge in [0.2, 0.25) is 0 Å². The van der Waals surface area contributed by atoms with Crippen molar-refractivity contribution < 1.29 is 0 Å². The smallest absolute Gasteiger partial charge is 0.0640 e. The van der Waals surface area contributed by atoms with Crippen LogP contribution in [0.1, 0.15) is 11.1 Å². The minimum atomic E-state index is 1.25. The van der Waals surface area contributed by atoms with Gasteiger partial charge in [0, 0.05) is 45.8 Å². The summed E-state index contributed by atoms with van der Waals surface area (Å²) in [6, 6.07) is 42.8. The van der Waals surface area contributed by atoms with E-state index in [9.17, 15) is 0 Å². The molecule has 200 valence electrons. The quantitative estimate of drug-likeness (QED) is 0.197. The fourth-order valence-corrected chi connectivity index (χ4v) is 10.1. The average Bonchev–Trinajstić information content (AvgIpc) is 3.55. The summed E-state index contributed by atoms with van der Waals surface area (Å²) in [6.45, 7) is 4.45. The molecule has 0 saturated carbocycles. The summed E-state index contributed by atoms with van der Waals surface area (Å²) < 4.78 is 5.17. The summed E-state index contributed by atoms with van der Waals surface area (Å²) in [7, 11) is 0. The second-order valence-electron chi connectivity index (χ2n) is 11.1. The lowest BCUT2D eigenvalue weighted by Crippen LogP contribution is -1.96. The minimum Gasteiger partial charge on any atom is -0.308 e. The molecule has 1 nitrogen and oxygen atoms in total. The van der Waals surface area contributed by atoms with Crippen molar-refractivity contribution >= 4 is 76.8 Å². The third-order valence-corrected chi connectivity index (χ3v) is 12.2. The van der Waals surface area contributed by atoms with Crippen LogP contribution in [0.4, 0.5) is 0 Å². The fourth-order valence-electron chi connectivity index (χ4n) is 6.53. The van der Waals surface area contributed by atoms with Crippen LogP contribution in [-0.4, -0.2) is 4.57 Å². The Morgan fingerprint density at radius 3 is 2.05 bits per heavy atom. The molecule has 0 fully saturated rings.